The molecule has 1 fully saturated rings. The molecule has 0 bridgehead atoms. The van der Waals surface area contributed by atoms with E-state index in [0.29, 0.717) is 0 Å². The molecule has 18 heavy (non-hydrogen) atoms. The van der Waals surface area contributed by atoms with Gasteiger partial charge in [-0.1, -0.05) is 18.2 Å². The number of aromatic nitrogens is 2. The molecule has 3 rings (SSSR count). The van der Waals surface area contributed by atoms with Crippen LogP contribution in [0, 0.1) is 0 Å². The monoisotopic (exact) mass is 262 g/mol. The molecule has 0 aliphatic carbocycles. The molecule has 2 unspecified atom stereocenters. The first-order valence-electron chi connectivity index (χ1n) is 6.20. The molecule has 1 aromatic carbocycles. The molecular weight excluding hydrogens is 248 g/mol. The summed E-state index contributed by atoms with van der Waals surface area (Å²) in [5.41, 5.74) is 2.06. The van der Waals surface area contributed by atoms with Crippen LogP contribution in [0.25, 0.3) is 5.69 Å². The average molecular weight is 263 g/mol. The Morgan fingerprint density at radius 2 is 2.17 bits per heavy atom. The van der Waals surface area contributed by atoms with Crippen LogP contribution in [0.4, 0.5) is 0 Å². The van der Waals surface area contributed by atoms with Gasteiger partial charge in [-0.25, -0.2) is 4.68 Å². The van der Waals surface area contributed by atoms with Crippen molar-refractivity contribution in [1.82, 2.24) is 9.78 Å². The lowest BCUT2D eigenvalue weighted by molar-refractivity contribution is 0.107. The van der Waals surface area contributed by atoms with Crippen LogP contribution in [0.1, 0.15) is 23.8 Å². The van der Waals surface area contributed by atoms with Gasteiger partial charge < -0.3 is 4.74 Å². The third-order valence-corrected chi connectivity index (χ3v) is 3.77. The van der Waals surface area contributed by atoms with Crippen LogP contribution >= 0.6 is 11.6 Å². The van der Waals surface area contributed by atoms with Crippen molar-refractivity contribution in [2.24, 2.45) is 0 Å². The highest BCUT2D eigenvalue weighted by Gasteiger charge is 2.26. The quantitative estimate of drug-likeness (QED) is 0.794. The third kappa shape index (κ3) is 2.28. The molecule has 0 radical (unpaired) electrons. The zero-order chi connectivity index (χ0) is 12.4. The summed E-state index contributed by atoms with van der Waals surface area (Å²) in [6, 6.07) is 10.0. The van der Waals surface area contributed by atoms with Crippen molar-refractivity contribution in [3.63, 3.8) is 0 Å². The SMILES string of the molecule is ClC(c1cnn(-c2ccccc2)c1)C1CCCO1. The maximum absolute atomic E-state index is 6.43. The van der Waals surface area contributed by atoms with Gasteiger partial charge in [0.1, 0.15) is 0 Å². The fraction of sp³-hybridized carbons (Fsp3) is 0.357. The summed E-state index contributed by atoms with van der Waals surface area (Å²) in [6.07, 6.45) is 6.06. The van der Waals surface area contributed by atoms with Crippen molar-refractivity contribution >= 4 is 11.6 Å². The number of hydrogen-bond acceptors (Lipinski definition) is 2. The first kappa shape index (κ1) is 11.8. The molecule has 2 atom stereocenters. The molecule has 1 aromatic heterocycles. The second kappa shape index (κ2) is 5.12. The van der Waals surface area contributed by atoms with Crippen molar-refractivity contribution in [3.05, 3.63) is 48.3 Å². The van der Waals surface area contributed by atoms with Gasteiger partial charge in [0, 0.05) is 18.4 Å². The Balaban J connectivity index is 1.81. The number of benzene rings is 1. The highest BCUT2D eigenvalue weighted by Crippen LogP contribution is 2.32. The lowest BCUT2D eigenvalue weighted by atomic mass is 10.1. The summed E-state index contributed by atoms with van der Waals surface area (Å²) in [4.78, 5) is 0. The average Bonchev–Trinajstić information content (AvgIpc) is 3.10. The Morgan fingerprint density at radius 3 is 2.89 bits per heavy atom. The van der Waals surface area contributed by atoms with E-state index >= 15 is 0 Å². The zero-order valence-corrected chi connectivity index (χ0v) is 10.8. The normalized spacial score (nSPS) is 21.1. The van der Waals surface area contributed by atoms with Gasteiger partial charge in [-0.3, -0.25) is 0 Å². The van der Waals surface area contributed by atoms with Crippen LogP contribution in [0.15, 0.2) is 42.7 Å². The smallest absolute Gasteiger partial charge is 0.0877 e. The van der Waals surface area contributed by atoms with Crippen LogP contribution in [0.5, 0.6) is 0 Å². The minimum absolute atomic E-state index is 0.107. The number of halogens is 1. The van der Waals surface area contributed by atoms with Gasteiger partial charge >= 0.3 is 0 Å². The van der Waals surface area contributed by atoms with E-state index in [1.54, 1.807) is 0 Å². The number of hydrogen-bond donors (Lipinski definition) is 0. The van der Waals surface area contributed by atoms with Crippen LogP contribution in [0.3, 0.4) is 0 Å². The summed E-state index contributed by atoms with van der Waals surface area (Å²) < 4.78 is 7.46. The molecule has 0 spiro atoms. The van der Waals surface area contributed by atoms with Gasteiger partial charge in [0.25, 0.3) is 0 Å². The van der Waals surface area contributed by atoms with Crippen molar-refractivity contribution < 1.29 is 4.74 Å². The number of nitrogens with zero attached hydrogens (tertiary/aromatic N) is 2. The Kier molecular flexibility index (Phi) is 3.35. The Morgan fingerprint density at radius 1 is 1.33 bits per heavy atom. The fourth-order valence-electron chi connectivity index (χ4n) is 2.25. The molecule has 2 aromatic rings. The summed E-state index contributed by atoms with van der Waals surface area (Å²) in [5, 5.41) is 4.25. The number of ether oxygens (including phenoxy) is 1. The molecule has 4 heteroatoms. The van der Waals surface area contributed by atoms with Crippen molar-refractivity contribution in [2.75, 3.05) is 6.61 Å². The highest BCUT2D eigenvalue weighted by molar-refractivity contribution is 6.21. The first-order valence-corrected chi connectivity index (χ1v) is 6.64. The number of para-hydroxylation sites is 1. The topological polar surface area (TPSA) is 27.1 Å². The molecule has 0 saturated carbocycles. The van der Waals surface area contributed by atoms with Gasteiger partial charge in [-0.2, -0.15) is 5.10 Å². The van der Waals surface area contributed by atoms with Crippen LogP contribution in [0.2, 0.25) is 0 Å². The second-order valence-electron chi connectivity index (χ2n) is 4.51. The number of rotatable bonds is 3. The van der Waals surface area contributed by atoms with E-state index in [-0.39, 0.29) is 11.5 Å². The van der Waals surface area contributed by atoms with Crippen molar-refractivity contribution in [3.8, 4) is 5.69 Å². The molecule has 2 heterocycles. The zero-order valence-electron chi connectivity index (χ0n) is 10.00. The van der Waals surface area contributed by atoms with Crippen molar-refractivity contribution in [2.45, 2.75) is 24.3 Å². The highest BCUT2D eigenvalue weighted by atomic mass is 35.5. The predicted molar refractivity (Wildman–Crippen MR) is 71.1 cm³/mol. The molecular formula is C14H15ClN2O. The van der Waals surface area contributed by atoms with Gasteiger partial charge in [0.05, 0.1) is 23.4 Å². The largest absolute Gasteiger partial charge is 0.376 e. The van der Waals surface area contributed by atoms with Gasteiger partial charge in [0.2, 0.25) is 0 Å². The summed E-state index contributed by atoms with van der Waals surface area (Å²) in [7, 11) is 0. The molecule has 0 amide bonds. The van der Waals surface area contributed by atoms with E-state index in [1.165, 1.54) is 0 Å². The summed E-state index contributed by atoms with van der Waals surface area (Å²) in [5.74, 6) is 0. The van der Waals surface area contributed by atoms with E-state index in [4.69, 9.17) is 16.3 Å². The first-order chi connectivity index (χ1) is 8.84. The van der Waals surface area contributed by atoms with Gasteiger partial charge in [0.15, 0.2) is 0 Å². The molecule has 3 nitrogen and oxygen atoms in total. The van der Waals surface area contributed by atoms with E-state index in [9.17, 15) is 0 Å². The van der Waals surface area contributed by atoms with E-state index in [0.717, 1.165) is 30.7 Å². The minimum Gasteiger partial charge on any atom is -0.376 e. The molecule has 0 N–H and O–H groups in total. The maximum atomic E-state index is 6.43. The Hall–Kier alpha value is -1.32. The van der Waals surface area contributed by atoms with Gasteiger partial charge in [-0.15, -0.1) is 11.6 Å². The fourth-order valence-corrected chi connectivity index (χ4v) is 2.56. The summed E-state index contributed by atoms with van der Waals surface area (Å²) >= 11 is 6.43. The third-order valence-electron chi connectivity index (χ3n) is 3.23. The number of alkyl halides is 1. The molecule has 1 aliphatic rings. The van der Waals surface area contributed by atoms with E-state index in [1.807, 2.05) is 47.4 Å². The minimum atomic E-state index is -0.107. The summed E-state index contributed by atoms with van der Waals surface area (Å²) in [6.45, 7) is 0.820. The second-order valence-corrected chi connectivity index (χ2v) is 4.98. The lowest BCUT2D eigenvalue weighted by Gasteiger charge is -2.14. The molecule has 1 saturated heterocycles. The van der Waals surface area contributed by atoms with Gasteiger partial charge in [-0.05, 0) is 25.0 Å². The predicted octanol–water partition coefficient (Wildman–Crippen LogP) is 3.33. The molecule has 1 aliphatic heterocycles. The van der Waals surface area contributed by atoms with Crippen LogP contribution in [-0.2, 0) is 4.74 Å². The van der Waals surface area contributed by atoms with Crippen molar-refractivity contribution in [1.29, 1.82) is 0 Å². The van der Waals surface area contributed by atoms with Crippen LogP contribution < -0.4 is 0 Å². The Bertz CT molecular complexity index is 506. The van der Waals surface area contributed by atoms with Crippen LogP contribution in [-0.4, -0.2) is 22.5 Å². The molecule has 94 valence electrons. The Labute approximate surface area is 111 Å². The lowest BCUT2D eigenvalue weighted by Crippen LogP contribution is -2.12. The maximum Gasteiger partial charge on any atom is 0.0877 e. The van der Waals surface area contributed by atoms with E-state index < -0.39 is 0 Å². The standard InChI is InChI=1S/C14H15ClN2O/c15-14(13-7-4-8-18-13)11-9-16-17(10-11)12-5-2-1-3-6-12/h1-3,5-6,9-10,13-14H,4,7-8H2. The van der Waals surface area contributed by atoms with E-state index in [2.05, 4.69) is 5.10 Å².